The summed E-state index contributed by atoms with van der Waals surface area (Å²) in [6.45, 7) is 4.01. The zero-order chi connectivity index (χ0) is 23.1. The number of carboxylic acid groups (broad SMARTS) is 1. The highest BCUT2D eigenvalue weighted by atomic mass is 16.5. The Morgan fingerprint density at radius 3 is 2.22 bits per heavy atom. The van der Waals surface area contributed by atoms with Gasteiger partial charge in [0, 0.05) is 18.5 Å². The standard InChI is InChI=1S/C25H28N2O5/c1-3-16(2)23(24(30)26-14-8-13-22(28)29)27-25(31)32-15-21-19-11-6-4-9-17(19)18-10-5-7-12-20(18)21/h4-13,16,21,23H,3,14-15H2,1-2H3,(H,26,30)(H,27,31)(H,28,29)/b13-8+/t16-,23-/m0/s1. The van der Waals surface area contributed by atoms with Crippen LogP contribution in [0.2, 0.25) is 0 Å². The van der Waals surface area contributed by atoms with Gasteiger partial charge in [0.15, 0.2) is 0 Å². The number of hydrogen-bond donors (Lipinski definition) is 3. The van der Waals surface area contributed by atoms with Crippen molar-refractivity contribution in [3.05, 3.63) is 71.8 Å². The van der Waals surface area contributed by atoms with Crippen molar-refractivity contribution >= 4 is 18.0 Å². The molecule has 0 saturated heterocycles. The third kappa shape index (κ3) is 5.35. The second-order valence-electron chi connectivity index (χ2n) is 7.82. The number of alkyl carbamates (subject to hydrolysis) is 1. The number of ether oxygens (including phenoxy) is 1. The van der Waals surface area contributed by atoms with Crippen LogP contribution in [0.1, 0.15) is 37.3 Å². The Bertz CT molecular complexity index is 971. The molecule has 0 aliphatic heterocycles. The van der Waals surface area contributed by atoms with Crippen molar-refractivity contribution in [2.24, 2.45) is 5.92 Å². The molecule has 1 aliphatic carbocycles. The van der Waals surface area contributed by atoms with Crippen LogP contribution in [0.3, 0.4) is 0 Å². The number of fused-ring (bicyclic) bond motifs is 3. The van der Waals surface area contributed by atoms with Gasteiger partial charge in [-0.25, -0.2) is 9.59 Å². The van der Waals surface area contributed by atoms with Crippen molar-refractivity contribution in [3.8, 4) is 11.1 Å². The lowest BCUT2D eigenvalue weighted by Crippen LogP contribution is -2.50. The lowest BCUT2D eigenvalue weighted by Gasteiger charge is -2.23. The SMILES string of the molecule is CC[C@H](C)[C@H](NC(=O)OCC1c2ccccc2-c2ccccc21)C(=O)NC/C=C/C(=O)O. The van der Waals surface area contributed by atoms with Crippen LogP contribution in [-0.4, -0.2) is 42.3 Å². The molecule has 3 N–H and O–H groups in total. The van der Waals surface area contributed by atoms with E-state index in [-0.39, 0.29) is 30.9 Å². The van der Waals surface area contributed by atoms with Gasteiger partial charge >= 0.3 is 12.1 Å². The number of benzene rings is 2. The van der Waals surface area contributed by atoms with E-state index in [1.807, 2.05) is 50.2 Å². The van der Waals surface area contributed by atoms with E-state index in [9.17, 15) is 14.4 Å². The first-order chi connectivity index (χ1) is 15.4. The fourth-order valence-electron chi connectivity index (χ4n) is 3.90. The van der Waals surface area contributed by atoms with E-state index in [1.54, 1.807) is 0 Å². The van der Waals surface area contributed by atoms with Crippen molar-refractivity contribution in [1.82, 2.24) is 10.6 Å². The van der Waals surface area contributed by atoms with Crippen molar-refractivity contribution in [1.29, 1.82) is 0 Å². The molecule has 0 radical (unpaired) electrons. The molecule has 0 bridgehead atoms. The monoisotopic (exact) mass is 436 g/mol. The average Bonchev–Trinajstić information content (AvgIpc) is 3.12. The van der Waals surface area contributed by atoms with Gasteiger partial charge < -0.3 is 20.5 Å². The van der Waals surface area contributed by atoms with Gasteiger partial charge in [-0.15, -0.1) is 0 Å². The van der Waals surface area contributed by atoms with E-state index in [1.165, 1.54) is 6.08 Å². The highest BCUT2D eigenvalue weighted by molar-refractivity contribution is 5.86. The van der Waals surface area contributed by atoms with Gasteiger partial charge in [0.1, 0.15) is 12.6 Å². The fraction of sp³-hybridized carbons (Fsp3) is 0.320. The summed E-state index contributed by atoms with van der Waals surface area (Å²) in [6, 6.07) is 15.4. The second kappa shape index (κ2) is 10.6. The van der Waals surface area contributed by atoms with Gasteiger partial charge in [0.25, 0.3) is 0 Å². The third-order valence-corrected chi connectivity index (χ3v) is 5.77. The van der Waals surface area contributed by atoms with Crippen molar-refractivity contribution in [2.75, 3.05) is 13.2 Å². The van der Waals surface area contributed by atoms with E-state index < -0.39 is 18.1 Å². The summed E-state index contributed by atoms with van der Waals surface area (Å²) in [4.78, 5) is 35.7. The molecule has 0 unspecified atom stereocenters. The Hall–Kier alpha value is -3.61. The van der Waals surface area contributed by atoms with Crippen LogP contribution in [0.15, 0.2) is 60.7 Å². The maximum absolute atomic E-state index is 12.6. The summed E-state index contributed by atoms with van der Waals surface area (Å²) >= 11 is 0. The Morgan fingerprint density at radius 1 is 1.06 bits per heavy atom. The average molecular weight is 437 g/mol. The number of hydrogen-bond acceptors (Lipinski definition) is 4. The first-order valence-corrected chi connectivity index (χ1v) is 10.7. The number of amides is 2. The molecule has 0 aromatic heterocycles. The number of carbonyl (C=O) groups is 3. The molecule has 0 spiro atoms. The van der Waals surface area contributed by atoms with Gasteiger partial charge in [-0.05, 0) is 28.2 Å². The van der Waals surface area contributed by atoms with Crippen LogP contribution in [0.5, 0.6) is 0 Å². The lowest BCUT2D eigenvalue weighted by molar-refractivity contribution is -0.131. The number of carbonyl (C=O) groups excluding carboxylic acids is 2. The Balaban J connectivity index is 1.63. The molecule has 3 rings (SSSR count). The number of nitrogens with one attached hydrogen (secondary N) is 2. The van der Waals surface area contributed by atoms with Gasteiger partial charge in [-0.1, -0.05) is 74.9 Å². The molecule has 7 heteroatoms. The highest BCUT2D eigenvalue weighted by Gasteiger charge is 2.30. The van der Waals surface area contributed by atoms with E-state index >= 15 is 0 Å². The molecule has 168 valence electrons. The summed E-state index contributed by atoms with van der Waals surface area (Å²) in [5, 5.41) is 13.9. The van der Waals surface area contributed by atoms with Crippen LogP contribution in [0, 0.1) is 5.92 Å². The Kier molecular flexibility index (Phi) is 7.65. The summed E-state index contributed by atoms with van der Waals surface area (Å²) in [5.74, 6) is -1.67. The van der Waals surface area contributed by atoms with Crippen LogP contribution < -0.4 is 10.6 Å². The first-order valence-electron chi connectivity index (χ1n) is 10.7. The molecule has 0 heterocycles. The summed E-state index contributed by atoms with van der Waals surface area (Å²) in [6.07, 6.45) is 2.30. The normalized spacial score (nSPS) is 14.3. The fourth-order valence-corrected chi connectivity index (χ4v) is 3.90. The molecule has 0 fully saturated rings. The first kappa shape index (κ1) is 23.1. The topological polar surface area (TPSA) is 105 Å². The van der Waals surface area contributed by atoms with Crippen molar-refractivity contribution < 1.29 is 24.2 Å². The summed E-state index contributed by atoms with van der Waals surface area (Å²) in [7, 11) is 0. The van der Waals surface area contributed by atoms with Crippen molar-refractivity contribution in [2.45, 2.75) is 32.2 Å². The third-order valence-electron chi connectivity index (χ3n) is 5.77. The Labute approximate surface area is 187 Å². The van der Waals surface area contributed by atoms with E-state index in [2.05, 4.69) is 22.8 Å². The molecule has 2 aromatic carbocycles. The minimum atomic E-state index is -1.09. The zero-order valence-electron chi connectivity index (χ0n) is 18.2. The highest BCUT2D eigenvalue weighted by Crippen LogP contribution is 2.44. The second-order valence-corrected chi connectivity index (χ2v) is 7.82. The van der Waals surface area contributed by atoms with Crippen LogP contribution in [0.25, 0.3) is 11.1 Å². The molecule has 2 amide bonds. The van der Waals surface area contributed by atoms with E-state index in [4.69, 9.17) is 9.84 Å². The van der Waals surface area contributed by atoms with Gasteiger partial charge in [0.05, 0.1) is 0 Å². The largest absolute Gasteiger partial charge is 0.478 e. The maximum Gasteiger partial charge on any atom is 0.407 e. The summed E-state index contributed by atoms with van der Waals surface area (Å²) in [5.41, 5.74) is 4.51. The molecule has 32 heavy (non-hydrogen) atoms. The molecule has 0 saturated carbocycles. The van der Waals surface area contributed by atoms with Crippen LogP contribution in [0.4, 0.5) is 4.79 Å². The summed E-state index contributed by atoms with van der Waals surface area (Å²) < 4.78 is 5.55. The molecule has 2 atom stereocenters. The van der Waals surface area contributed by atoms with Gasteiger partial charge in [-0.2, -0.15) is 0 Å². The van der Waals surface area contributed by atoms with Crippen molar-refractivity contribution in [3.63, 3.8) is 0 Å². The van der Waals surface area contributed by atoms with Gasteiger partial charge in [-0.3, -0.25) is 4.79 Å². The molecular formula is C25H28N2O5. The van der Waals surface area contributed by atoms with Crippen LogP contribution in [-0.2, 0) is 14.3 Å². The lowest BCUT2D eigenvalue weighted by atomic mass is 9.98. The van der Waals surface area contributed by atoms with E-state index in [0.717, 1.165) is 28.3 Å². The van der Waals surface area contributed by atoms with Crippen LogP contribution >= 0.6 is 0 Å². The predicted molar refractivity (Wildman–Crippen MR) is 121 cm³/mol. The maximum atomic E-state index is 12.6. The quantitative estimate of drug-likeness (QED) is 0.520. The minimum absolute atomic E-state index is 0.0600. The molecule has 7 nitrogen and oxygen atoms in total. The predicted octanol–water partition coefficient (Wildman–Crippen LogP) is 3.70. The molecular weight excluding hydrogens is 408 g/mol. The number of aliphatic carboxylic acids is 1. The van der Waals surface area contributed by atoms with Gasteiger partial charge in [0.2, 0.25) is 5.91 Å². The zero-order valence-corrected chi connectivity index (χ0v) is 18.2. The van der Waals surface area contributed by atoms with E-state index in [0.29, 0.717) is 6.42 Å². The number of carboxylic acids is 1. The minimum Gasteiger partial charge on any atom is -0.478 e. The number of rotatable bonds is 9. The molecule has 2 aromatic rings. The molecule has 1 aliphatic rings. The Morgan fingerprint density at radius 2 is 1.66 bits per heavy atom. The smallest absolute Gasteiger partial charge is 0.407 e.